The van der Waals surface area contributed by atoms with Gasteiger partial charge in [-0.05, 0) is 37.8 Å². The molecule has 2 heteroatoms. The van der Waals surface area contributed by atoms with Crippen molar-refractivity contribution < 1.29 is 4.79 Å². The second-order valence-electron chi connectivity index (χ2n) is 5.63. The highest BCUT2D eigenvalue weighted by molar-refractivity contribution is 5.83. The molecule has 3 rings (SSSR count). The van der Waals surface area contributed by atoms with Gasteiger partial charge in [0.2, 0.25) is 0 Å². The fraction of sp³-hybridized carbons (Fsp3) is 0.562. The second kappa shape index (κ2) is 5.23. The third-order valence-electron chi connectivity index (χ3n) is 4.46. The van der Waals surface area contributed by atoms with Gasteiger partial charge < -0.3 is 0 Å². The van der Waals surface area contributed by atoms with Gasteiger partial charge >= 0.3 is 0 Å². The Morgan fingerprint density at radius 2 is 1.94 bits per heavy atom. The van der Waals surface area contributed by atoms with Crippen LogP contribution < -0.4 is 0 Å². The average Bonchev–Trinajstić information content (AvgIpc) is 2.99. The zero-order chi connectivity index (χ0) is 12.4. The van der Waals surface area contributed by atoms with Crippen molar-refractivity contribution in [2.75, 3.05) is 6.54 Å². The van der Waals surface area contributed by atoms with Crippen LogP contribution in [0.15, 0.2) is 30.3 Å². The summed E-state index contributed by atoms with van der Waals surface area (Å²) in [6.45, 7) is 2.17. The first kappa shape index (κ1) is 11.9. The molecular weight excluding hydrogens is 222 g/mol. The van der Waals surface area contributed by atoms with Crippen molar-refractivity contribution in [3.05, 3.63) is 35.9 Å². The molecule has 18 heavy (non-hydrogen) atoms. The van der Waals surface area contributed by atoms with Crippen LogP contribution in [-0.2, 0) is 11.3 Å². The molecule has 96 valence electrons. The van der Waals surface area contributed by atoms with E-state index >= 15 is 0 Å². The topological polar surface area (TPSA) is 20.3 Å². The lowest BCUT2D eigenvalue weighted by Gasteiger charge is -2.28. The van der Waals surface area contributed by atoms with E-state index in [1.165, 1.54) is 18.4 Å². The minimum atomic E-state index is 0.330. The van der Waals surface area contributed by atoms with Crippen LogP contribution in [0.4, 0.5) is 0 Å². The lowest BCUT2D eigenvalue weighted by atomic mass is 9.95. The molecule has 1 aliphatic carbocycles. The summed E-state index contributed by atoms with van der Waals surface area (Å²) in [5, 5.41) is 0. The number of benzene rings is 1. The van der Waals surface area contributed by atoms with Crippen LogP contribution in [0.1, 0.15) is 37.7 Å². The predicted molar refractivity (Wildman–Crippen MR) is 72.2 cm³/mol. The number of likely N-dealkylation sites (tertiary alicyclic amines) is 1. The number of hydrogen-bond donors (Lipinski definition) is 0. The third kappa shape index (κ3) is 2.35. The van der Waals surface area contributed by atoms with Crippen molar-refractivity contribution in [2.45, 2.75) is 44.7 Å². The van der Waals surface area contributed by atoms with Gasteiger partial charge in [-0.2, -0.15) is 0 Å². The number of hydrogen-bond acceptors (Lipinski definition) is 2. The fourth-order valence-electron chi connectivity index (χ4n) is 3.57. The molecule has 0 amide bonds. The van der Waals surface area contributed by atoms with Crippen LogP contribution in [0.3, 0.4) is 0 Å². The van der Waals surface area contributed by atoms with Gasteiger partial charge in [-0.25, -0.2) is 0 Å². The molecule has 2 atom stereocenters. The van der Waals surface area contributed by atoms with E-state index in [-0.39, 0.29) is 0 Å². The van der Waals surface area contributed by atoms with Crippen LogP contribution in [0, 0.1) is 5.92 Å². The molecular formula is C16H21NO. The van der Waals surface area contributed by atoms with Crippen LogP contribution in [0.2, 0.25) is 0 Å². The maximum atomic E-state index is 11.9. The molecule has 0 spiro atoms. The molecule has 2 nitrogen and oxygen atoms in total. The van der Waals surface area contributed by atoms with E-state index in [2.05, 4.69) is 35.2 Å². The highest BCUT2D eigenvalue weighted by Crippen LogP contribution is 2.33. The summed E-state index contributed by atoms with van der Waals surface area (Å²) < 4.78 is 0. The second-order valence-corrected chi connectivity index (χ2v) is 5.63. The van der Waals surface area contributed by atoms with Crippen molar-refractivity contribution in [3.63, 3.8) is 0 Å². The minimum Gasteiger partial charge on any atom is -0.299 e. The summed E-state index contributed by atoms with van der Waals surface area (Å²) in [6.07, 6.45) is 5.51. The number of carbonyl (C=O) groups is 1. The SMILES string of the molecule is O=C1CCCC1C1CCCN1Cc1ccccc1. The van der Waals surface area contributed by atoms with E-state index in [0.29, 0.717) is 17.7 Å². The largest absolute Gasteiger partial charge is 0.299 e. The summed E-state index contributed by atoms with van der Waals surface area (Å²) in [5.74, 6) is 0.844. The summed E-state index contributed by atoms with van der Waals surface area (Å²) in [6, 6.07) is 11.1. The Bertz CT molecular complexity index is 414. The van der Waals surface area contributed by atoms with Gasteiger partial charge in [-0.1, -0.05) is 30.3 Å². The van der Waals surface area contributed by atoms with Crippen LogP contribution in [-0.4, -0.2) is 23.3 Å². The zero-order valence-corrected chi connectivity index (χ0v) is 10.8. The van der Waals surface area contributed by atoms with Crippen LogP contribution >= 0.6 is 0 Å². The number of ketones is 1. The molecule has 2 aliphatic rings. The quantitative estimate of drug-likeness (QED) is 0.813. The standard InChI is InChI=1S/C16H21NO/c18-16-10-4-8-14(16)15-9-5-11-17(15)12-13-6-2-1-3-7-13/h1-3,6-7,14-15H,4-5,8-12H2. The Balaban J connectivity index is 1.69. The maximum absolute atomic E-state index is 11.9. The first-order chi connectivity index (χ1) is 8.84. The van der Waals surface area contributed by atoms with Gasteiger partial charge in [0.25, 0.3) is 0 Å². The van der Waals surface area contributed by atoms with Gasteiger partial charge in [0.15, 0.2) is 0 Å². The molecule has 0 bridgehead atoms. The highest BCUT2D eigenvalue weighted by Gasteiger charge is 2.37. The van der Waals surface area contributed by atoms with Gasteiger partial charge in [-0.15, -0.1) is 0 Å². The van der Waals surface area contributed by atoms with Crippen molar-refractivity contribution >= 4 is 5.78 Å². The van der Waals surface area contributed by atoms with E-state index in [9.17, 15) is 4.79 Å². The van der Waals surface area contributed by atoms with Gasteiger partial charge in [-0.3, -0.25) is 9.69 Å². The predicted octanol–water partition coefficient (Wildman–Crippen LogP) is 3.02. The first-order valence-electron chi connectivity index (χ1n) is 7.15. The summed E-state index contributed by atoms with van der Waals surface area (Å²) in [7, 11) is 0. The molecule has 1 aliphatic heterocycles. The number of rotatable bonds is 3. The van der Waals surface area contributed by atoms with E-state index in [4.69, 9.17) is 0 Å². The van der Waals surface area contributed by atoms with Crippen molar-refractivity contribution in [3.8, 4) is 0 Å². The molecule has 2 fully saturated rings. The summed E-state index contributed by atoms with van der Waals surface area (Å²) in [5.41, 5.74) is 1.37. The van der Waals surface area contributed by atoms with Crippen molar-refractivity contribution in [1.29, 1.82) is 0 Å². The highest BCUT2D eigenvalue weighted by atomic mass is 16.1. The normalized spacial score (nSPS) is 29.0. The monoisotopic (exact) mass is 243 g/mol. The zero-order valence-electron chi connectivity index (χ0n) is 10.8. The number of Topliss-reactive ketones (excluding diaryl/α,β-unsaturated/α-hetero) is 1. The van der Waals surface area contributed by atoms with Gasteiger partial charge in [0, 0.05) is 24.9 Å². The smallest absolute Gasteiger partial charge is 0.137 e. The molecule has 1 saturated carbocycles. The Labute approximate surface area is 109 Å². The van der Waals surface area contributed by atoms with E-state index < -0.39 is 0 Å². The third-order valence-corrected chi connectivity index (χ3v) is 4.46. The van der Waals surface area contributed by atoms with E-state index in [1.54, 1.807) is 0 Å². The van der Waals surface area contributed by atoms with Crippen LogP contribution in [0.5, 0.6) is 0 Å². The van der Waals surface area contributed by atoms with Crippen molar-refractivity contribution in [1.82, 2.24) is 4.90 Å². The molecule has 0 radical (unpaired) electrons. The molecule has 1 saturated heterocycles. The lowest BCUT2D eigenvalue weighted by molar-refractivity contribution is -0.122. The first-order valence-corrected chi connectivity index (χ1v) is 7.15. The Hall–Kier alpha value is -1.15. The Kier molecular flexibility index (Phi) is 3.46. The number of carbonyl (C=O) groups excluding carboxylic acids is 1. The summed E-state index contributed by atoms with van der Waals surface area (Å²) in [4.78, 5) is 14.5. The maximum Gasteiger partial charge on any atom is 0.137 e. The van der Waals surface area contributed by atoms with E-state index in [0.717, 1.165) is 32.4 Å². The Morgan fingerprint density at radius 3 is 2.67 bits per heavy atom. The summed E-state index contributed by atoms with van der Waals surface area (Å²) >= 11 is 0. The van der Waals surface area contributed by atoms with Gasteiger partial charge in [0.1, 0.15) is 5.78 Å². The molecule has 1 aromatic carbocycles. The molecule has 2 unspecified atom stereocenters. The van der Waals surface area contributed by atoms with Gasteiger partial charge in [0.05, 0.1) is 0 Å². The Morgan fingerprint density at radius 1 is 1.11 bits per heavy atom. The molecule has 0 aromatic heterocycles. The minimum absolute atomic E-state index is 0.330. The molecule has 1 aromatic rings. The number of nitrogens with zero attached hydrogens (tertiary/aromatic N) is 1. The molecule has 0 N–H and O–H groups in total. The molecule has 1 heterocycles. The van der Waals surface area contributed by atoms with Crippen molar-refractivity contribution in [2.24, 2.45) is 5.92 Å². The average molecular weight is 243 g/mol. The fourth-order valence-corrected chi connectivity index (χ4v) is 3.57. The lowest BCUT2D eigenvalue weighted by Crippen LogP contribution is -2.36. The van der Waals surface area contributed by atoms with Crippen LogP contribution in [0.25, 0.3) is 0 Å². The van der Waals surface area contributed by atoms with E-state index in [1.807, 2.05) is 0 Å².